The Kier molecular flexibility index (Phi) is 6.03. The molecular formula is C23H24N2O3S. The van der Waals surface area contributed by atoms with Crippen molar-refractivity contribution in [1.82, 2.24) is 0 Å². The molecule has 0 saturated carbocycles. The average molecular weight is 409 g/mol. The van der Waals surface area contributed by atoms with E-state index in [1.807, 2.05) is 45.0 Å². The maximum Gasteiger partial charge on any atom is 0.264 e. The number of hydrogen-bond acceptors (Lipinski definition) is 3. The van der Waals surface area contributed by atoms with Gasteiger partial charge in [-0.25, -0.2) is 8.42 Å². The lowest BCUT2D eigenvalue weighted by molar-refractivity contribution is -0.114. The number of anilines is 2. The van der Waals surface area contributed by atoms with Gasteiger partial charge < -0.3 is 5.32 Å². The van der Waals surface area contributed by atoms with Crippen LogP contribution in [0.15, 0.2) is 77.7 Å². The van der Waals surface area contributed by atoms with Crippen molar-refractivity contribution in [2.24, 2.45) is 0 Å². The third-order valence-corrected chi connectivity index (χ3v) is 6.35. The normalized spacial score (nSPS) is 11.1. The molecule has 5 nitrogen and oxygen atoms in total. The highest BCUT2D eigenvalue weighted by Gasteiger charge is 2.28. The van der Waals surface area contributed by atoms with Crippen molar-refractivity contribution in [3.8, 4) is 0 Å². The molecule has 150 valence electrons. The van der Waals surface area contributed by atoms with Crippen LogP contribution in [-0.4, -0.2) is 20.9 Å². The summed E-state index contributed by atoms with van der Waals surface area (Å²) in [5.74, 6) is -0.409. The van der Waals surface area contributed by atoms with Gasteiger partial charge in [0.25, 0.3) is 10.0 Å². The summed E-state index contributed by atoms with van der Waals surface area (Å²) in [6.45, 7) is 5.42. The summed E-state index contributed by atoms with van der Waals surface area (Å²) in [6.07, 6.45) is 0. The van der Waals surface area contributed by atoms with Gasteiger partial charge in [-0.3, -0.25) is 9.10 Å². The summed E-state index contributed by atoms with van der Waals surface area (Å²) < 4.78 is 27.9. The van der Waals surface area contributed by atoms with Crippen molar-refractivity contribution in [3.05, 3.63) is 89.5 Å². The van der Waals surface area contributed by atoms with E-state index in [0.717, 1.165) is 16.7 Å². The number of benzene rings is 3. The highest BCUT2D eigenvalue weighted by molar-refractivity contribution is 7.92. The average Bonchev–Trinajstić information content (AvgIpc) is 2.69. The van der Waals surface area contributed by atoms with E-state index in [9.17, 15) is 13.2 Å². The zero-order chi connectivity index (χ0) is 21.0. The molecular weight excluding hydrogens is 384 g/mol. The van der Waals surface area contributed by atoms with E-state index < -0.39 is 15.9 Å². The molecule has 0 aliphatic carbocycles. The molecule has 0 heterocycles. The fraction of sp³-hybridized carbons (Fsp3) is 0.174. The minimum atomic E-state index is -3.91. The van der Waals surface area contributed by atoms with Crippen LogP contribution >= 0.6 is 0 Å². The zero-order valence-electron chi connectivity index (χ0n) is 16.7. The molecule has 3 aromatic rings. The van der Waals surface area contributed by atoms with Crippen molar-refractivity contribution < 1.29 is 13.2 Å². The largest absolute Gasteiger partial charge is 0.325 e. The zero-order valence-corrected chi connectivity index (χ0v) is 17.5. The quantitative estimate of drug-likeness (QED) is 0.655. The summed E-state index contributed by atoms with van der Waals surface area (Å²) in [5, 5.41) is 2.78. The molecule has 0 fully saturated rings. The Morgan fingerprint density at radius 1 is 0.862 bits per heavy atom. The third-order valence-electron chi connectivity index (χ3n) is 4.57. The molecule has 3 aromatic carbocycles. The van der Waals surface area contributed by atoms with Crippen LogP contribution < -0.4 is 9.62 Å². The highest BCUT2D eigenvalue weighted by Crippen LogP contribution is 2.27. The summed E-state index contributed by atoms with van der Waals surface area (Å²) in [6, 6.07) is 21.0. The Balaban J connectivity index is 1.96. The van der Waals surface area contributed by atoms with Gasteiger partial charge in [-0.2, -0.15) is 0 Å². The Morgan fingerprint density at radius 2 is 1.48 bits per heavy atom. The molecule has 6 heteroatoms. The molecule has 0 bridgehead atoms. The minimum absolute atomic E-state index is 0.142. The van der Waals surface area contributed by atoms with E-state index >= 15 is 0 Å². The second-order valence-corrected chi connectivity index (χ2v) is 8.89. The summed E-state index contributed by atoms with van der Waals surface area (Å²) >= 11 is 0. The number of rotatable bonds is 6. The van der Waals surface area contributed by atoms with Crippen LogP contribution in [0.1, 0.15) is 16.7 Å². The van der Waals surface area contributed by atoms with Gasteiger partial charge in [-0.05, 0) is 56.7 Å². The third kappa shape index (κ3) is 4.84. The fourth-order valence-corrected chi connectivity index (χ4v) is 4.58. The Labute approximate surface area is 172 Å². The van der Waals surface area contributed by atoms with E-state index in [-0.39, 0.29) is 11.4 Å². The van der Waals surface area contributed by atoms with Crippen LogP contribution in [0.4, 0.5) is 11.4 Å². The molecule has 0 spiro atoms. The first-order valence-corrected chi connectivity index (χ1v) is 10.7. The standard InChI is InChI=1S/C23H24N2O3S/c1-17-9-12-20(13-10-17)24-23(26)16-25(22-14-11-18(2)15-19(22)3)29(27,28)21-7-5-4-6-8-21/h4-15H,16H2,1-3H3,(H,24,26). The lowest BCUT2D eigenvalue weighted by Crippen LogP contribution is -2.38. The molecule has 0 aromatic heterocycles. The number of sulfonamides is 1. The lowest BCUT2D eigenvalue weighted by atomic mass is 10.1. The molecule has 3 rings (SSSR count). The van der Waals surface area contributed by atoms with Crippen LogP contribution in [0.5, 0.6) is 0 Å². The Morgan fingerprint density at radius 3 is 2.10 bits per heavy atom. The molecule has 0 atom stereocenters. The fourth-order valence-electron chi connectivity index (χ4n) is 3.07. The number of nitrogens with zero attached hydrogens (tertiary/aromatic N) is 1. The van der Waals surface area contributed by atoms with Crippen LogP contribution in [0.25, 0.3) is 0 Å². The van der Waals surface area contributed by atoms with Crippen LogP contribution in [0, 0.1) is 20.8 Å². The number of hydrogen-bond donors (Lipinski definition) is 1. The van der Waals surface area contributed by atoms with Gasteiger partial charge in [0.1, 0.15) is 6.54 Å². The van der Waals surface area contributed by atoms with E-state index in [1.165, 1.54) is 16.4 Å². The van der Waals surface area contributed by atoms with Crippen molar-refractivity contribution in [2.75, 3.05) is 16.2 Å². The first-order valence-electron chi connectivity index (χ1n) is 9.29. The molecule has 0 aliphatic heterocycles. The van der Waals surface area contributed by atoms with Gasteiger partial charge in [0, 0.05) is 5.69 Å². The van der Waals surface area contributed by atoms with Crippen molar-refractivity contribution in [1.29, 1.82) is 0 Å². The van der Waals surface area contributed by atoms with Gasteiger partial charge in [0.15, 0.2) is 0 Å². The monoisotopic (exact) mass is 408 g/mol. The van der Waals surface area contributed by atoms with Gasteiger partial charge in [0.2, 0.25) is 5.91 Å². The molecule has 0 aliphatic rings. The Hall–Kier alpha value is -3.12. The molecule has 29 heavy (non-hydrogen) atoms. The van der Waals surface area contributed by atoms with Crippen molar-refractivity contribution >= 4 is 27.3 Å². The maximum absolute atomic E-state index is 13.3. The molecule has 0 saturated heterocycles. The lowest BCUT2D eigenvalue weighted by Gasteiger charge is -2.26. The molecule has 1 N–H and O–H groups in total. The number of carbonyl (C=O) groups is 1. The van der Waals surface area contributed by atoms with Crippen molar-refractivity contribution in [3.63, 3.8) is 0 Å². The van der Waals surface area contributed by atoms with Gasteiger partial charge in [0.05, 0.1) is 10.6 Å². The maximum atomic E-state index is 13.3. The van der Waals surface area contributed by atoms with E-state index in [4.69, 9.17) is 0 Å². The molecule has 1 amide bonds. The van der Waals surface area contributed by atoms with Gasteiger partial charge in [-0.15, -0.1) is 0 Å². The topological polar surface area (TPSA) is 66.5 Å². The first kappa shape index (κ1) is 20.6. The summed E-state index contributed by atoms with van der Waals surface area (Å²) in [5.41, 5.74) is 3.99. The van der Waals surface area contributed by atoms with Crippen molar-refractivity contribution in [2.45, 2.75) is 25.7 Å². The number of aryl methyl sites for hydroxylation is 3. The van der Waals surface area contributed by atoms with Gasteiger partial charge in [-0.1, -0.05) is 53.6 Å². The second-order valence-electron chi connectivity index (χ2n) is 7.03. The first-order chi connectivity index (χ1) is 13.8. The van der Waals surface area contributed by atoms with Crippen LogP contribution in [-0.2, 0) is 14.8 Å². The summed E-state index contributed by atoms with van der Waals surface area (Å²) in [7, 11) is -3.91. The predicted octanol–water partition coefficient (Wildman–Crippen LogP) is 4.45. The molecule has 0 radical (unpaired) electrons. The number of nitrogens with one attached hydrogen (secondary N) is 1. The highest BCUT2D eigenvalue weighted by atomic mass is 32.2. The Bertz CT molecular complexity index is 1110. The number of amides is 1. The predicted molar refractivity (Wildman–Crippen MR) is 117 cm³/mol. The van der Waals surface area contributed by atoms with E-state index in [2.05, 4.69) is 5.32 Å². The van der Waals surface area contributed by atoms with E-state index in [1.54, 1.807) is 36.4 Å². The molecule has 0 unspecified atom stereocenters. The van der Waals surface area contributed by atoms with Crippen LogP contribution in [0.3, 0.4) is 0 Å². The number of carbonyl (C=O) groups excluding carboxylic acids is 1. The minimum Gasteiger partial charge on any atom is -0.325 e. The van der Waals surface area contributed by atoms with Gasteiger partial charge >= 0.3 is 0 Å². The van der Waals surface area contributed by atoms with Crippen LogP contribution in [0.2, 0.25) is 0 Å². The SMILES string of the molecule is Cc1ccc(NC(=O)CN(c2ccc(C)cc2C)S(=O)(=O)c2ccccc2)cc1. The summed E-state index contributed by atoms with van der Waals surface area (Å²) in [4.78, 5) is 12.9. The van der Waals surface area contributed by atoms with E-state index in [0.29, 0.717) is 11.4 Å². The smallest absolute Gasteiger partial charge is 0.264 e. The second kappa shape index (κ2) is 8.49.